The summed E-state index contributed by atoms with van der Waals surface area (Å²) in [4.78, 5) is 0. The molecule has 0 spiro atoms. The summed E-state index contributed by atoms with van der Waals surface area (Å²) in [5.74, 6) is 0.0844. The van der Waals surface area contributed by atoms with Gasteiger partial charge in [-0.05, 0) is 65.6 Å². The summed E-state index contributed by atoms with van der Waals surface area (Å²) in [5.41, 5.74) is 2.98. The zero-order valence-corrected chi connectivity index (χ0v) is 14.5. The molecule has 1 heterocycles. The van der Waals surface area contributed by atoms with Crippen LogP contribution in [0.25, 0.3) is 11.1 Å². The molecule has 0 radical (unpaired) electrons. The molecule has 1 aliphatic carbocycles. The minimum Gasteiger partial charge on any atom is -0.264 e. The molecule has 0 bridgehead atoms. The van der Waals surface area contributed by atoms with Crippen molar-refractivity contribution in [2.24, 2.45) is 5.92 Å². The molecular formula is C18H18FN3O2S. The molecule has 2 N–H and O–H groups in total. The molecule has 0 amide bonds. The van der Waals surface area contributed by atoms with E-state index in [2.05, 4.69) is 6.07 Å². The summed E-state index contributed by atoms with van der Waals surface area (Å²) in [5, 5.41) is 9.28. The maximum atomic E-state index is 13.7. The first kappa shape index (κ1) is 16.2. The lowest BCUT2D eigenvalue weighted by Gasteiger charge is -2.42. The van der Waals surface area contributed by atoms with Crippen LogP contribution >= 0.6 is 11.0 Å². The van der Waals surface area contributed by atoms with Crippen molar-refractivity contribution in [3.05, 3.63) is 47.8 Å². The molecular weight excluding hydrogens is 341 g/mol. The molecule has 1 fully saturated rings. The Morgan fingerprint density at radius 3 is 2.64 bits per heavy atom. The van der Waals surface area contributed by atoms with Crippen LogP contribution in [-0.2, 0) is 0 Å². The van der Waals surface area contributed by atoms with Crippen LogP contribution in [0.4, 0.5) is 15.8 Å². The van der Waals surface area contributed by atoms with Gasteiger partial charge in [0.2, 0.25) is 0 Å². The number of benzene rings is 2. The van der Waals surface area contributed by atoms with Crippen LogP contribution in [0.5, 0.6) is 0 Å². The summed E-state index contributed by atoms with van der Waals surface area (Å²) < 4.78 is 38.0. The molecule has 0 aromatic heterocycles. The highest BCUT2D eigenvalue weighted by molar-refractivity contribution is 8.26. The predicted molar refractivity (Wildman–Crippen MR) is 97.9 cm³/mol. The Hall–Kier alpha value is -2.27. The number of hydrogen-bond donors (Lipinski definition) is 2. The standard InChI is InChI=1S/C18H18FN3O2S/c1-21-18-8-13(16-9-15(19)6-4-14(16)10-20)5-7-17(18)22(25(21,23)24)11-12-2-3-12/h4-9,12,23-24H,2-3,11H2,1H3. The average Bonchev–Trinajstić information content (AvgIpc) is 3.39. The van der Waals surface area contributed by atoms with Crippen molar-refractivity contribution in [2.45, 2.75) is 12.8 Å². The summed E-state index contributed by atoms with van der Waals surface area (Å²) in [6.45, 7) is 0.614. The highest BCUT2D eigenvalue weighted by Gasteiger charge is 2.41. The SMILES string of the molecule is CN1c2cc(-c3cc(F)ccc3C#N)ccc2N(CC2CC2)S1(O)O. The topological polar surface area (TPSA) is 70.7 Å². The first-order chi connectivity index (χ1) is 11.9. The van der Waals surface area contributed by atoms with Gasteiger partial charge >= 0.3 is 0 Å². The van der Waals surface area contributed by atoms with Crippen molar-refractivity contribution in [3.63, 3.8) is 0 Å². The van der Waals surface area contributed by atoms with Gasteiger partial charge in [0.1, 0.15) is 5.82 Å². The average molecular weight is 359 g/mol. The Kier molecular flexibility index (Phi) is 3.65. The third-order valence-corrected chi connectivity index (χ3v) is 6.65. The van der Waals surface area contributed by atoms with E-state index in [1.165, 1.54) is 22.5 Å². The van der Waals surface area contributed by atoms with Gasteiger partial charge in [0.25, 0.3) is 0 Å². The fourth-order valence-electron chi connectivity index (χ4n) is 3.15. The number of nitrogens with zero attached hydrogens (tertiary/aromatic N) is 3. The zero-order chi connectivity index (χ0) is 17.8. The Bertz CT molecular complexity index is 892. The lowest BCUT2D eigenvalue weighted by molar-refractivity contribution is 0.481. The van der Waals surface area contributed by atoms with Crippen molar-refractivity contribution in [3.8, 4) is 17.2 Å². The lowest BCUT2D eigenvalue weighted by atomic mass is 9.99. The fourth-order valence-corrected chi connectivity index (χ4v) is 4.69. The molecule has 25 heavy (non-hydrogen) atoms. The molecule has 130 valence electrons. The van der Waals surface area contributed by atoms with Gasteiger partial charge < -0.3 is 0 Å². The lowest BCUT2D eigenvalue weighted by Crippen LogP contribution is -2.32. The molecule has 2 aromatic carbocycles. The van der Waals surface area contributed by atoms with Gasteiger partial charge in [-0.1, -0.05) is 6.07 Å². The molecule has 0 saturated heterocycles. The number of fused-ring (bicyclic) bond motifs is 1. The van der Waals surface area contributed by atoms with E-state index in [9.17, 15) is 18.8 Å². The number of anilines is 2. The summed E-state index contributed by atoms with van der Waals surface area (Å²) in [7, 11) is -1.43. The number of halogens is 1. The monoisotopic (exact) mass is 359 g/mol. The minimum atomic E-state index is -3.08. The summed E-state index contributed by atoms with van der Waals surface area (Å²) in [6, 6.07) is 11.5. The minimum absolute atomic E-state index is 0.378. The Morgan fingerprint density at radius 2 is 1.96 bits per heavy atom. The zero-order valence-electron chi connectivity index (χ0n) is 13.7. The van der Waals surface area contributed by atoms with Crippen molar-refractivity contribution in [1.82, 2.24) is 0 Å². The molecule has 1 aliphatic heterocycles. The van der Waals surface area contributed by atoms with Gasteiger partial charge in [-0.3, -0.25) is 17.7 Å². The van der Waals surface area contributed by atoms with Gasteiger partial charge in [0.15, 0.2) is 0 Å². The van der Waals surface area contributed by atoms with Crippen LogP contribution in [0, 0.1) is 23.1 Å². The second kappa shape index (κ2) is 5.63. The van der Waals surface area contributed by atoms with E-state index in [-0.39, 0.29) is 0 Å². The Morgan fingerprint density at radius 1 is 1.20 bits per heavy atom. The summed E-state index contributed by atoms with van der Waals surface area (Å²) >= 11 is 0. The molecule has 7 heteroatoms. The quantitative estimate of drug-likeness (QED) is 0.837. The molecule has 0 unspecified atom stereocenters. The Labute approximate surface area is 147 Å². The normalized spacial score (nSPS) is 19.5. The van der Waals surface area contributed by atoms with Crippen LogP contribution in [0.3, 0.4) is 0 Å². The van der Waals surface area contributed by atoms with Gasteiger partial charge in [-0.25, -0.2) is 4.39 Å². The maximum Gasteiger partial charge on any atom is 0.123 e. The molecule has 2 aliphatic rings. The largest absolute Gasteiger partial charge is 0.264 e. The van der Waals surface area contributed by atoms with E-state index < -0.39 is 16.8 Å². The first-order valence-corrected chi connectivity index (χ1v) is 9.51. The second-order valence-corrected chi connectivity index (χ2v) is 8.47. The fraction of sp³-hybridized carbons (Fsp3) is 0.278. The van der Waals surface area contributed by atoms with Gasteiger partial charge in [0, 0.05) is 19.2 Å². The highest BCUT2D eigenvalue weighted by atomic mass is 32.3. The van der Waals surface area contributed by atoms with Crippen LogP contribution in [-0.4, -0.2) is 22.7 Å². The third kappa shape index (κ3) is 2.63. The van der Waals surface area contributed by atoms with Crippen molar-refractivity contribution in [2.75, 3.05) is 22.2 Å². The van der Waals surface area contributed by atoms with Crippen LogP contribution in [0.15, 0.2) is 36.4 Å². The summed E-state index contributed by atoms with van der Waals surface area (Å²) in [6.07, 6.45) is 2.22. The number of nitriles is 1. The van der Waals surface area contributed by atoms with E-state index in [4.69, 9.17) is 0 Å². The van der Waals surface area contributed by atoms with Gasteiger partial charge in [-0.15, -0.1) is 0 Å². The molecule has 2 aromatic rings. The van der Waals surface area contributed by atoms with Gasteiger partial charge in [-0.2, -0.15) is 5.26 Å². The van der Waals surface area contributed by atoms with E-state index in [0.29, 0.717) is 34.8 Å². The molecule has 5 nitrogen and oxygen atoms in total. The van der Waals surface area contributed by atoms with Crippen molar-refractivity contribution < 1.29 is 13.5 Å². The third-order valence-electron chi connectivity index (χ3n) is 4.78. The second-order valence-electron chi connectivity index (χ2n) is 6.50. The van der Waals surface area contributed by atoms with E-state index in [1.807, 2.05) is 6.07 Å². The number of hydrogen-bond acceptors (Lipinski definition) is 5. The van der Waals surface area contributed by atoms with E-state index >= 15 is 0 Å². The molecule has 4 rings (SSSR count). The molecule has 1 saturated carbocycles. The highest BCUT2D eigenvalue weighted by Crippen LogP contribution is 2.61. The van der Waals surface area contributed by atoms with E-state index in [0.717, 1.165) is 18.5 Å². The predicted octanol–water partition coefficient (Wildman–Crippen LogP) is 4.61. The van der Waals surface area contributed by atoms with Crippen molar-refractivity contribution in [1.29, 1.82) is 5.26 Å². The van der Waals surface area contributed by atoms with Crippen LogP contribution in [0.2, 0.25) is 0 Å². The first-order valence-electron chi connectivity index (χ1n) is 8.05. The maximum absolute atomic E-state index is 13.7. The van der Waals surface area contributed by atoms with Crippen LogP contribution in [0.1, 0.15) is 18.4 Å². The molecule has 0 atom stereocenters. The van der Waals surface area contributed by atoms with Crippen molar-refractivity contribution >= 4 is 22.3 Å². The van der Waals surface area contributed by atoms with Gasteiger partial charge in [0.05, 0.1) is 23.0 Å². The Balaban J connectivity index is 1.80. The number of rotatable bonds is 3. The van der Waals surface area contributed by atoms with Crippen LogP contribution < -0.4 is 8.61 Å². The van der Waals surface area contributed by atoms with E-state index in [1.54, 1.807) is 23.5 Å². The smallest absolute Gasteiger partial charge is 0.123 e.